The Morgan fingerprint density at radius 1 is 1.11 bits per heavy atom. The van der Waals surface area contributed by atoms with E-state index in [1.54, 1.807) is 0 Å². The normalized spacial score (nSPS) is 11.0. The number of fused-ring (bicyclic) bond motifs is 1. The van der Waals surface area contributed by atoms with E-state index in [1.165, 1.54) is 5.39 Å². The summed E-state index contributed by atoms with van der Waals surface area (Å²) in [5, 5.41) is 16.0. The highest BCUT2D eigenvalue weighted by molar-refractivity contribution is 5.89. The third kappa shape index (κ3) is 1.69. The number of hydrogen-bond acceptors (Lipinski definition) is 2. The largest absolute Gasteiger partial charge is 0.392 e. The molecule has 0 fully saturated rings. The Kier molecular flexibility index (Phi) is 2.61. The fourth-order valence-corrected chi connectivity index (χ4v) is 2.18. The molecular weight excluding hydrogens is 224 g/mol. The SMILES string of the molecule is Cc1nn(-c2cccc3ccccc23)cc1CO. The van der Waals surface area contributed by atoms with E-state index in [1.807, 2.05) is 42.1 Å². The van der Waals surface area contributed by atoms with Crippen molar-refractivity contribution < 1.29 is 5.11 Å². The van der Waals surface area contributed by atoms with Crippen molar-refractivity contribution in [3.05, 3.63) is 59.9 Å². The van der Waals surface area contributed by atoms with Crippen molar-refractivity contribution in [1.29, 1.82) is 0 Å². The van der Waals surface area contributed by atoms with Crippen LogP contribution < -0.4 is 0 Å². The van der Waals surface area contributed by atoms with Gasteiger partial charge in [-0.2, -0.15) is 5.10 Å². The molecule has 2 aromatic carbocycles. The molecule has 0 saturated carbocycles. The van der Waals surface area contributed by atoms with E-state index in [2.05, 4.69) is 23.3 Å². The topological polar surface area (TPSA) is 38.0 Å². The van der Waals surface area contributed by atoms with Gasteiger partial charge in [0.15, 0.2) is 0 Å². The molecule has 0 atom stereocenters. The highest BCUT2D eigenvalue weighted by Crippen LogP contribution is 2.22. The summed E-state index contributed by atoms with van der Waals surface area (Å²) in [6.45, 7) is 1.93. The van der Waals surface area contributed by atoms with Gasteiger partial charge in [-0.05, 0) is 18.4 Å². The Morgan fingerprint density at radius 2 is 1.89 bits per heavy atom. The van der Waals surface area contributed by atoms with E-state index in [-0.39, 0.29) is 6.61 Å². The first-order chi connectivity index (χ1) is 8.79. The number of aliphatic hydroxyl groups excluding tert-OH is 1. The van der Waals surface area contributed by atoms with Crippen LogP contribution in [0.1, 0.15) is 11.3 Å². The highest BCUT2D eigenvalue weighted by atomic mass is 16.3. The quantitative estimate of drug-likeness (QED) is 0.745. The molecule has 0 amide bonds. The van der Waals surface area contributed by atoms with Crippen LogP contribution in [0.2, 0.25) is 0 Å². The second-order valence-electron chi connectivity index (χ2n) is 4.34. The van der Waals surface area contributed by atoms with Gasteiger partial charge >= 0.3 is 0 Å². The van der Waals surface area contributed by atoms with Gasteiger partial charge in [-0.3, -0.25) is 0 Å². The summed E-state index contributed by atoms with van der Waals surface area (Å²) in [7, 11) is 0. The van der Waals surface area contributed by atoms with Gasteiger partial charge in [0.2, 0.25) is 0 Å². The molecule has 0 saturated heterocycles. The summed E-state index contributed by atoms with van der Waals surface area (Å²) >= 11 is 0. The minimum absolute atomic E-state index is 0.0244. The lowest BCUT2D eigenvalue weighted by Gasteiger charge is -2.06. The van der Waals surface area contributed by atoms with E-state index in [0.717, 1.165) is 22.3 Å². The van der Waals surface area contributed by atoms with Crippen LogP contribution in [0.25, 0.3) is 16.5 Å². The second-order valence-corrected chi connectivity index (χ2v) is 4.34. The predicted molar refractivity (Wildman–Crippen MR) is 71.7 cm³/mol. The van der Waals surface area contributed by atoms with Crippen molar-refractivity contribution in [2.24, 2.45) is 0 Å². The van der Waals surface area contributed by atoms with Crippen LogP contribution >= 0.6 is 0 Å². The molecule has 3 heteroatoms. The lowest BCUT2D eigenvalue weighted by molar-refractivity contribution is 0.281. The Hall–Kier alpha value is -2.13. The summed E-state index contributed by atoms with van der Waals surface area (Å²) in [4.78, 5) is 0. The molecule has 0 aliphatic heterocycles. The van der Waals surface area contributed by atoms with Gasteiger partial charge < -0.3 is 5.11 Å². The third-order valence-corrected chi connectivity index (χ3v) is 3.18. The van der Waals surface area contributed by atoms with Crippen molar-refractivity contribution in [3.8, 4) is 5.69 Å². The van der Waals surface area contributed by atoms with Crippen molar-refractivity contribution in [2.45, 2.75) is 13.5 Å². The van der Waals surface area contributed by atoms with Gasteiger partial charge in [-0.25, -0.2) is 4.68 Å². The molecule has 0 spiro atoms. The summed E-state index contributed by atoms with van der Waals surface area (Å²) in [5.41, 5.74) is 2.77. The van der Waals surface area contributed by atoms with Crippen LogP contribution in [0.5, 0.6) is 0 Å². The average molecular weight is 238 g/mol. The minimum atomic E-state index is 0.0244. The fourth-order valence-electron chi connectivity index (χ4n) is 2.18. The Balaban J connectivity index is 2.24. The smallest absolute Gasteiger partial charge is 0.0724 e. The molecule has 1 N–H and O–H groups in total. The van der Waals surface area contributed by atoms with Gasteiger partial charge in [-0.15, -0.1) is 0 Å². The monoisotopic (exact) mass is 238 g/mol. The molecule has 0 bridgehead atoms. The average Bonchev–Trinajstić information content (AvgIpc) is 2.79. The zero-order valence-corrected chi connectivity index (χ0v) is 10.2. The molecule has 1 aromatic heterocycles. The Labute approximate surface area is 105 Å². The number of hydrogen-bond donors (Lipinski definition) is 1. The maximum Gasteiger partial charge on any atom is 0.0724 e. The van der Waals surface area contributed by atoms with Gasteiger partial charge in [0.05, 0.1) is 18.0 Å². The lowest BCUT2D eigenvalue weighted by atomic mass is 10.1. The van der Waals surface area contributed by atoms with Crippen LogP contribution in [-0.2, 0) is 6.61 Å². The van der Waals surface area contributed by atoms with E-state index >= 15 is 0 Å². The first-order valence-corrected chi connectivity index (χ1v) is 5.94. The van der Waals surface area contributed by atoms with Crippen molar-refractivity contribution >= 4 is 10.8 Å². The number of aromatic nitrogens is 2. The molecule has 0 aliphatic carbocycles. The van der Waals surface area contributed by atoms with E-state index in [9.17, 15) is 5.11 Å². The number of aliphatic hydroxyl groups is 1. The van der Waals surface area contributed by atoms with Crippen molar-refractivity contribution in [3.63, 3.8) is 0 Å². The first kappa shape index (κ1) is 11.0. The molecule has 1 heterocycles. The summed E-state index contributed by atoms with van der Waals surface area (Å²) in [6, 6.07) is 14.4. The standard InChI is InChI=1S/C15H14N2O/c1-11-13(10-18)9-17(16-11)15-8-4-6-12-5-2-3-7-14(12)15/h2-9,18H,10H2,1H3. The molecule has 3 aromatic rings. The number of benzene rings is 2. The predicted octanol–water partition coefficient (Wildman–Crippen LogP) is 2.83. The number of rotatable bonds is 2. The maximum atomic E-state index is 9.24. The summed E-state index contributed by atoms with van der Waals surface area (Å²) < 4.78 is 1.84. The lowest BCUT2D eigenvalue weighted by Crippen LogP contribution is -1.95. The molecule has 90 valence electrons. The summed E-state index contributed by atoms with van der Waals surface area (Å²) in [5.74, 6) is 0. The Bertz CT molecular complexity index is 695. The van der Waals surface area contributed by atoms with Crippen LogP contribution in [0.15, 0.2) is 48.7 Å². The first-order valence-electron chi connectivity index (χ1n) is 5.94. The molecule has 18 heavy (non-hydrogen) atoms. The molecular formula is C15H14N2O. The maximum absolute atomic E-state index is 9.24. The highest BCUT2D eigenvalue weighted by Gasteiger charge is 2.07. The molecule has 0 aliphatic rings. The van der Waals surface area contributed by atoms with E-state index in [0.29, 0.717) is 0 Å². The molecule has 0 radical (unpaired) electrons. The number of aryl methyl sites for hydroxylation is 1. The van der Waals surface area contributed by atoms with Gasteiger partial charge in [0.1, 0.15) is 0 Å². The fraction of sp³-hybridized carbons (Fsp3) is 0.133. The van der Waals surface area contributed by atoms with Crippen LogP contribution in [0.3, 0.4) is 0 Å². The Morgan fingerprint density at radius 3 is 2.67 bits per heavy atom. The summed E-state index contributed by atoms with van der Waals surface area (Å²) in [6.07, 6.45) is 1.89. The molecule has 3 rings (SSSR count). The minimum Gasteiger partial charge on any atom is -0.392 e. The zero-order chi connectivity index (χ0) is 12.5. The third-order valence-electron chi connectivity index (χ3n) is 3.18. The van der Waals surface area contributed by atoms with Gasteiger partial charge in [0.25, 0.3) is 0 Å². The zero-order valence-electron chi connectivity index (χ0n) is 10.2. The molecule has 0 unspecified atom stereocenters. The van der Waals surface area contributed by atoms with Crippen molar-refractivity contribution in [1.82, 2.24) is 9.78 Å². The van der Waals surface area contributed by atoms with Crippen molar-refractivity contribution in [2.75, 3.05) is 0 Å². The van der Waals surface area contributed by atoms with Crippen LogP contribution in [-0.4, -0.2) is 14.9 Å². The molecule has 3 nitrogen and oxygen atoms in total. The van der Waals surface area contributed by atoms with E-state index in [4.69, 9.17) is 0 Å². The van der Waals surface area contributed by atoms with Gasteiger partial charge in [-0.1, -0.05) is 36.4 Å². The van der Waals surface area contributed by atoms with E-state index < -0.39 is 0 Å². The number of nitrogens with zero attached hydrogens (tertiary/aromatic N) is 2. The van der Waals surface area contributed by atoms with Crippen LogP contribution in [0.4, 0.5) is 0 Å². The van der Waals surface area contributed by atoms with Gasteiger partial charge in [0, 0.05) is 17.1 Å². The second kappa shape index (κ2) is 4.27. The van der Waals surface area contributed by atoms with Crippen LogP contribution in [0, 0.1) is 6.92 Å².